The van der Waals surface area contributed by atoms with Gasteiger partial charge in [-0.25, -0.2) is 4.39 Å². The summed E-state index contributed by atoms with van der Waals surface area (Å²) in [4.78, 5) is 14.4. The fraction of sp³-hybridized carbons (Fsp3) is 0.538. The number of hydrogen-bond acceptors (Lipinski definition) is 5. The number of benzene rings is 1. The Balaban J connectivity index is 2.09. The summed E-state index contributed by atoms with van der Waals surface area (Å²) >= 11 is 0. The highest BCUT2D eigenvalue weighted by molar-refractivity contribution is 5.63. The number of β-amino-alcohol motifs (C(OH)–C–C–N with tert-alkyl or cyclic N) is 1. The lowest BCUT2D eigenvalue weighted by Crippen LogP contribution is -2.48. The Bertz CT molecular complexity index is 488. The topological polar surface area (TPSA) is 69.8 Å². The molecule has 1 aromatic rings. The number of nitro groups is 1. The number of aliphatic hydroxyl groups is 1. The third-order valence-corrected chi connectivity index (χ3v) is 3.37. The molecule has 0 unspecified atom stereocenters. The van der Waals surface area contributed by atoms with E-state index in [1.807, 2.05) is 4.90 Å². The van der Waals surface area contributed by atoms with Crippen molar-refractivity contribution in [3.63, 3.8) is 0 Å². The Hall–Kier alpha value is -1.73. The quantitative estimate of drug-likeness (QED) is 0.665. The van der Waals surface area contributed by atoms with Gasteiger partial charge in [0.15, 0.2) is 0 Å². The zero-order valence-corrected chi connectivity index (χ0v) is 11.3. The fourth-order valence-corrected chi connectivity index (χ4v) is 2.46. The van der Waals surface area contributed by atoms with Gasteiger partial charge in [0.1, 0.15) is 11.5 Å². The molecule has 0 bridgehead atoms. The van der Waals surface area contributed by atoms with Crippen LogP contribution in [0.3, 0.4) is 0 Å². The van der Waals surface area contributed by atoms with Crippen molar-refractivity contribution >= 4 is 11.4 Å². The smallest absolute Gasteiger partial charge is 0.295 e. The number of anilines is 1. The molecule has 0 radical (unpaired) electrons. The molecule has 1 aliphatic heterocycles. The van der Waals surface area contributed by atoms with E-state index in [0.29, 0.717) is 25.3 Å². The minimum Gasteiger partial charge on any atom is -0.392 e. The van der Waals surface area contributed by atoms with E-state index in [1.165, 1.54) is 12.1 Å². The fourth-order valence-electron chi connectivity index (χ4n) is 2.46. The zero-order valence-electron chi connectivity index (χ0n) is 11.3. The predicted molar refractivity (Wildman–Crippen MR) is 73.4 cm³/mol. The summed E-state index contributed by atoms with van der Waals surface area (Å²) in [5, 5.41) is 20.3. The number of nitrogens with zero attached hydrogens (tertiary/aromatic N) is 3. The van der Waals surface area contributed by atoms with Gasteiger partial charge < -0.3 is 10.0 Å². The van der Waals surface area contributed by atoms with E-state index in [9.17, 15) is 19.6 Å². The van der Waals surface area contributed by atoms with Crippen molar-refractivity contribution in [2.24, 2.45) is 0 Å². The molecule has 2 rings (SSSR count). The average Bonchev–Trinajstić information content (AvgIpc) is 2.39. The molecule has 1 heterocycles. The van der Waals surface area contributed by atoms with E-state index < -0.39 is 10.7 Å². The molecule has 1 fully saturated rings. The van der Waals surface area contributed by atoms with Crippen LogP contribution in [0.2, 0.25) is 0 Å². The van der Waals surface area contributed by atoms with Gasteiger partial charge in [-0.05, 0) is 19.1 Å². The number of rotatable bonds is 4. The van der Waals surface area contributed by atoms with Crippen molar-refractivity contribution in [3.8, 4) is 0 Å². The molecule has 20 heavy (non-hydrogen) atoms. The summed E-state index contributed by atoms with van der Waals surface area (Å²) in [5.41, 5.74) is 0.252. The first-order valence-corrected chi connectivity index (χ1v) is 6.56. The second-order valence-electron chi connectivity index (χ2n) is 5.03. The minimum atomic E-state index is -0.604. The van der Waals surface area contributed by atoms with E-state index in [2.05, 4.69) is 4.90 Å². The third-order valence-electron chi connectivity index (χ3n) is 3.37. The standard InChI is InChI=1S/C13H18FN3O3/c1-10(18)9-15-4-6-16(7-5-15)12-3-2-11(14)8-13(12)17(19)20/h2-3,8,10,18H,4-7,9H2,1H3/t10-/m1/s1. The highest BCUT2D eigenvalue weighted by Gasteiger charge is 2.24. The first-order chi connectivity index (χ1) is 9.47. The molecule has 110 valence electrons. The molecule has 7 heteroatoms. The number of halogens is 1. The molecule has 0 saturated carbocycles. The maximum Gasteiger partial charge on any atom is 0.295 e. The Labute approximate surface area is 116 Å². The normalized spacial score (nSPS) is 18.1. The van der Waals surface area contributed by atoms with Crippen LogP contribution in [0.1, 0.15) is 6.92 Å². The van der Waals surface area contributed by atoms with Gasteiger partial charge in [-0.15, -0.1) is 0 Å². The molecule has 6 nitrogen and oxygen atoms in total. The van der Waals surface area contributed by atoms with Crippen LogP contribution in [-0.4, -0.2) is 53.8 Å². The van der Waals surface area contributed by atoms with Crippen molar-refractivity contribution in [1.29, 1.82) is 0 Å². The highest BCUT2D eigenvalue weighted by Crippen LogP contribution is 2.29. The highest BCUT2D eigenvalue weighted by atomic mass is 19.1. The lowest BCUT2D eigenvalue weighted by atomic mass is 10.2. The van der Waals surface area contributed by atoms with Crippen LogP contribution in [-0.2, 0) is 0 Å². The second kappa shape index (κ2) is 6.15. The van der Waals surface area contributed by atoms with Crippen LogP contribution in [0.4, 0.5) is 15.8 Å². The summed E-state index contributed by atoms with van der Waals surface area (Å²) in [6.45, 7) is 5.02. The number of hydrogen-bond donors (Lipinski definition) is 1. The van der Waals surface area contributed by atoms with Gasteiger partial charge in [0.25, 0.3) is 5.69 Å². The first-order valence-electron chi connectivity index (χ1n) is 6.56. The Morgan fingerprint density at radius 1 is 1.40 bits per heavy atom. The lowest BCUT2D eigenvalue weighted by molar-refractivity contribution is -0.384. The van der Waals surface area contributed by atoms with Gasteiger partial charge in [0.2, 0.25) is 0 Å². The van der Waals surface area contributed by atoms with E-state index in [4.69, 9.17) is 0 Å². The van der Waals surface area contributed by atoms with E-state index in [1.54, 1.807) is 6.92 Å². The lowest BCUT2D eigenvalue weighted by Gasteiger charge is -2.36. The van der Waals surface area contributed by atoms with Crippen LogP contribution in [0.25, 0.3) is 0 Å². The molecule has 0 amide bonds. The van der Waals surface area contributed by atoms with Gasteiger partial charge in [0.05, 0.1) is 17.1 Å². The van der Waals surface area contributed by atoms with Crippen molar-refractivity contribution < 1.29 is 14.4 Å². The number of aliphatic hydroxyl groups excluding tert-OH is 1. The Kier molecular flexibility index (Phi) is 4.51. The molecule has 1 N–H and O–H groups in total. The summed E-state index contributed by atoms with van der Waals surface area (Å²) in [5.74, 6) is -0.604. The van der Waals surface area contributed by atoms with Crippen LogP contribution in [0.5, 0.6) is 0 Å². The SMILES string of the molecule is C[C@@H](O)CN1CCN(c2ccc(F)cc2[N+](=O)[O-])CC1. The van der Waals surface area contributed by atoms with E-state index >= 15 is 0 Å². The summed E-state index contributed by atoms with van der Waals surface area (Å²) in [7, 11) is 0. The van der Waals surface area contributed by atoms with E-state index in [0.717, 1.165) is 19.2 Å². The van der Waals surface area contributed by atoms with Crippen LogP contribution in [0, 0.1) is 15.9 Å². The van der Waals surface area contributed by atoms with Gasteiger partial charge in [-0.3, -0.25) is 15.0 Å². The number of piperazine rings is 1. The molecular formula is C13H18FN3O3. The first kappa shape index (κ1) is 14.7. The van der Waals surface area contributed by atoms with Gasteiger partial charge in [-0.1, -0.05) is 0 Å². The molecule has 0 spiro atoms. The monoisotopic (exact) mass is 283 g/mol. The maximum absolute atomic E-state index is 13.1. The molecule has 1 aliphatic rings. The summed E-state index contributed by atoms with van der Waals surface area (Å²) < 4.78 is 13.1. The van der Waals surface area contributed by atoms with Gasteiger partial charge in [-0.2, -0.15) is 0 Å². The maximum atomic E-state index is 13.1. The average molecular weight is 283 g/mol. The van der Waals surface area contributed by atoms with Crippen LogP contribution in [0.15, 0.2) is 18.2 Å². The summed E-state index contributed by atoms with van der Waals surface area (Å²) in [6, 6.07) is 3.65. The van der Waals surface area contributed by atoms with Crippen molar-refractivity contribution in [2.75, 3.05) is 37.6 Å². The van der Waals surface area contributed by atoms with E-state index in [-0.39, 0.29) is 11.8 Å². The third kappa shape index (κ3) is 3.43. The second-order valence-corrected chi connectivity index (χ2v) is 5.03. The van der Waals surface area contributed by atoms with Crippen molar-refractivity contribution in [2.45, 2.75) is 13.0 Å². The van der Waals surface area contributed by atoms with Crippen molar-refractivity contribution in [3.05, 3.63) is 34.1 Å². The largest absolute Gasteiger partial charge is 0.392 e. The Morgan fingerprint density at radius 2 is 2.05 bits per heavy atom. The number of nitro benzene ring substituents is 1. The van der Waals surface area contributed by atoms with Crippen molar-refractivity contribution in [1.82, 2.24) is 4.90 Å². The molecule has 1 atom stereocenters. The Morgan fingerprint density at radius 3 is 2.60 bits per heavy atom. The van der Waals surface area contributed by atoms with Crippen LogP contribution < -0.4 is 4.90 Å². The molecular weight excluding hydrogens is 265 g/mol. The summed E-state index contributed by atoms with van der Waals surface area (Å²) in [6.07, 6.45) is -0.387. The molecule has 1 saturated heterocycles. The van der Waals surface area contributed by atoms with Crippen LogP contribution >= 0.6 is 0 Å². The molecule has 0 aliphatic carbocycles. The zero-order chi connectivity index (χ0) is 14.7. The minimum absolute atomic E-state index is 0.200. The molecule has 1 aromatic carbocycles. The van der Waals surface area contributed by atoms with Gasteiger partial charge >= 0.3 is 0 Å². The van der Waals surface area contributed by atoms with Gasteiger partial charge in [0, 0.05) is 32.7 Å². The predicted octanol–water partition coefficient (Wildman–Crippen LogP) is 1.24. The molecule has 0 aromatic heterocycles.